The van der Waals surface area contributed by atoms with E-state index in [0.717, 1.165) is 6.07 Å². The number of phenolic OH excluding ortho intramolecular Hbond substituents is 1. The second kappa shape index (κ2) is 4.80. The van der Waals surface area contributed by atoms with Gasteiger partial charge in [0.1, 0.15) is 11.6 Å². The Morgan fingerprint density at radius 1 is 1.38 bits per heavy atom. The monoisotopic (exact) mass is 227 g/mol. The first-order valence-corrected chi connectivity index (χ1v) is 5.21. The standard InChI is InChI=1S/C12H18FNO2/c1-12(2,3)14-7-11(16)9-5-4-8(13)6-10(9)15/h4-6,11,14-16H,7H2,1-3H3/t11-/m0/s1. The van der Waals surface area contributed by atoms with Crippen molar-refractivity contribution in [2.24, 2.45) is 0 Å². The van der Waals surface area contributed by atoms with Crippen molar-refractivity contribution in [2.75, 3.05) is 6.54 Å². The zero-order valence-electron chi connectivity index (χ0n) is 9.79. The number of benzene rings is 1. The van der Waals surface area contributed by atoms with Crippen LogP contribution < -0.4 is 5.32 Å². The van der Waals surface area contributed by atoms with Crippen LogP contribution in [0.25, 0.3) is 0 Å². The molecule has 0 saturated heterocycles. The van der Waals surface area contributed by atoms with E-state index < -0.39 is 11.9 Å². The number of β-amino-alcohol motifs (C(OH)–C–C–N with tert-alkyl or cyclic N) is 1. The lowest BCUT2D eigenvalue weighted by atomic mass is 10.1. The Bertz CT molecular complexity index is 361. The Balaban J connectivity index is 2.70. The lowest BCUT2D eigenvalue weighted by Crippen LogP contribution is -2.38. The molecule has 3 N–H and O–H groups in total. The van der Waals surface area contributed by atoms with Crippen LogP contribution in [0.3, 0.4) is 0 Å². The van der Waals surface area contributed by atoms with Gasteiger partial charge in [0.05, 0.1) is 6.10 Å². The Morgan fingerprint density at radius 3 is 2.50 bits per heavy atom. The Hall–Kier alpha value is -1.13. The average molecular weight is 227 g/mol. The first-order valence-electron chi connectivity index (χ1n) is 5.21. The Morgan fingerprint density at radius 2 is 2.00 bits per heavy atom. The van der Waals surface area contributed by atoms with Gasteiger partial charge in [0.2, 0.25) is 0 Å². The van der Waals surface area contributed by atoms with Gasteiger partial charge in [0, 0.05) is 23.7 Å². The summed E-state index contributed by atoms with van der Waals surface area (Å²) in [6.07, 6.45) is -0.847. The number of phenols is 1. The summed E-state index contributed by atoms with van der Waals surface area (Å²) in [5, 5.41) is 22.4. The van der Waals surface area contributed by atoms with E-state index in [0.29, 0.717) is 12.1 Å². The van der Waals surface area contributed by atoms with Crippen LogP contribution in [0.4, 0.5) is 4.39 Å². The second-order valence-corrected chi connectivity index (χ2v) is 4.85. The molecule has 0 unspecified atom stereocenters. The van der Waals surface area contributed by atoms with Gasteiger partial charge in [-0.1, -0.05) is 0 Å². The number of hydrogen-bond donors (Lipinski definition) is 3. The molecule has 16 heavy (non-hydrogen) atoms. The predicted octanol–water partition coefficient (Wildman–Crippen LogP) is 1.95. The van der Waals surface area contributed by atoms with Crippen LogP contribution in [0, 0.1) is 5.82 Å². The third kappa shape index (κ3) is 3.79. The van der Waals surface area contributed by atoms with Crippen LogP contribution in [-0.4, -0.2) is 22.3 Å². The van der Waals surface area contributed by atoms with Crippen molar-refractivity contribution in [3.8, 4) is 5.75 Å². The molecule has 0 radical (unpaired) electrons. The average Bonchev–Trinajstić information content (AvgIpc) is 2.13. The van der Waals surface area contributed by atoms with Gasteiger partial charge in [-0.15, -0.1) is 0 Å². The summed E-state index contributed by atoms with van der Waals surface area (Å²) in [5.74, 6) is -0.736. The summed E-state index contributed by atoms with van der Waals surface area (Å²) in [5.41, 5.74) is 0.217. The Kier molecular flexibility index (Phi) is 3.88. The summed E-state index contributed by atoms with van der Waals surface area (Å²) in [7, 11) is 0. The molecule has 0 aliphatic carbocycles. The highest BCUT2D eigenvalue weighted by Crippen LogP contribution is 2.24. The maximum atomic E-state index is 12.7. The van der Waals surface area contributed by atoms with Crippen LogP contribution in [-0.2, 0) is 0 Å². The lowest BCUT2D eigenvalue weighted by molar-refractivity contribution is 0.160. The van der Waals surface area contributed by atoms with Crippen molar-refractivity contribution in [3.63, 3.8) is 0 Å². The Labute approximate surface area is 94.9 Å². The molecule has 4 heteroatoms. The molecule has 1 aromatic carbocycles. The third-order valence-electron chi connectivity index (χ3n) is 2.18. The molecular weight excluding hydrogens is 209 g/mol. The number of aliphatic hydroxyl groups is 1. The highest BCUT2D eigenvalue weighted by atomic mass is 19.1. The molecule has 3 nitrogen and oxygen atoms in total. The maximum absolute atomic E-state index is 12.7. The van der Waals surface area contributed by atoms with Gasteiger partial charge in [-0.25, -0.2) is 4.39 Å². The molecular formula is C12H18FNO2. The topological polar surface area (TPSA) is 52.5 Å². The first-order chi connectivity index (χ1) is 7.29. The van der Waals surface area contributed by atoms with E-state index >= 15 is 0 Å². The molecule has 0 aliphatic heterocycles. The second-order valence-electron chi connectivity index (χ2n) is 4.85. The molecule has 0 saturated carbocycles. The summed E-state index contributed by atoms with van der Waals surface area (Å²) in [6, 6.07) is 3.60. The van der Waals surface area contributed by atoms with Crippen molar-refractivity contribution in [2.45, 2.75) is 32.4 Å². The van der Waals surface area contributed by atoms with E-state index in [1.54, 1.807) is 0 Å². The highest BCUT2D eigenvalue weighted by molar-refractivity contribution is 5.34. The quantitative estimate of drug-likeness (QED) is 0.739. The van der Waals surface area contributed by atoms with Crippen molar-refractivity contribution in [1.29, 1.82) is 0 Å². The van der Waals surface area contributed by atoms with Gasteiger partial charge in [0.25, 0.3) is 0 Å². The van der Waals surface area contributed by atoms with Crippen LogP contribution in [0.2, 0.25) is 0 Å². The molecule has 1 atom stereocenters. The van der Waals surface area contributed by atoms with E-state index in [1.165, 1.54) is 12.1 Å². The molecule has 0 spiro atoms. The van der Waals surface area contributed by atoms with Crippen molar-refractivity contribution >= 4 is 0 Å². The normalized spacial score (nSPS) is 13.8. The molecule has 0 heterocycles. The maximum Gasteiger partial charge on any atom is 0.126 e. The summed E-state index contributed by atoms with van der Waals surface area (Å²) in [4.78, 5) is 0. The number of hydrogen-bond acceptors (Lipinski definition) is 3. The van der Waals surface area contributed by atoms with Gasteiger partial charge in [-0.3, -0.25) is 0 Å². The third-order valence-corrected chi connectivity index (χ3v) is 2.18. The fourth-order valence-electron chi connectivity index (χ4n) is 1.31. The van der Waals surface area contributed by atoms with Crippen molar-refractivity contribution in [1.82, 2.24) is 5.32 Å². The zero-order chi connectivity index (χ0) is 12.3. The van der Waals surface area contributed by atoms with Crippen LogP contribution in [0.15, 0.2) is 18.2 Å². The van der Waals surface area contributed by atoms with Gasteiger partial charge < -0.3 is 15.5 Å². The fourth-order valence-corrected chi connectivity index (χ4v) is 1.31. The number of rotatable bonds is 3. The summed E-state index contributed by atoms with van der Waals surface area (Å²) >= 11 is 0. The smallest absolute Gasteiger partial charge is 0.126 e. The van der Waals surface area contributed by atoms with E-state index in [2.05, 4.69) is 5.32 Å². The summed E-state index contributed by atoms with van der Waals surface area (Å²) in [6.45, 7) is 6.24. The minimum absolute atomic E-state index is 0.114. The van der Waals surface area contributed by atoms with Crippen LogP contribution >= 0.6 is 0 Å². The van der Waals surface area contributed by atoms with E-state index in [9.17, 15) is 14.6 Å². The van der Waals surface area contributed by atoms with Gasteiger partial charge in [-0.05, 0) is 32.9 Å². The van der Waals surface area contributed by atoms with E-state index in [1.807, 2.05) is 20.8 Å². The van der Waals surface area contributed by atoms with Crippen LogP contribution in [0.1, 0.15) is 32.4 Å². The zero-order valence-corrected chi connectivity index (χ0v) is 9.79. The van der Waals surface area contributed by atoms with Crippen molar-refractivity contribution in [3.05, 3.63) is 29.6 Å². The van der Waals surface area contributed by atoms with E-state index in [4.69, 9.17) is 0 Å². The van der Waals surface area contributed by atoms with Gasteiger partial charge >= 0.3 is 0 Å². The minimum atomic E-state index is -0.847. The van der Waals surface area contributed by atoms with E-state index in [-0.39, 0.29) is 11.3 Å². The molecule has 1 rings (SSSR count). The van der Waals surface area contributed by atoms with Crippen LogP contribution in [0.5, 0.6) is 5.75 Å². The van der Waals surface area contributed by atoms with Gasteiger partial charge in [-0.2, -0.15) is 0 Å². The SMILES string of the molecule is CC(C)(C)NC[C@H](O)c1ccc(F)cc1O. The molecule has 0 aliphatic rings. The fraction of sp³-hybridized carbons (Fsp3) is 0.500. The number of halogens is 1. The molecule has 0 bridgehead atoms. The molecule has 0 aromatic heterocycles. The minimum Gasteiger partial charge on any atom is -0.507 e. The summed E-state index contributed by atoms with van der Waals surface area (Å²) < 4.78 is 12.7. The predicted molar refractivity (Wildman–Crippen MR) is 60.8 cm³/mol. The first kappa shape index (κ1) is 12.9. The molecule has 0 fully saturated rings. The number of nitrogens with one attached hydrogen (secondary N) is 1. The highest BCUT2D eigenvalue weighted by Gasteiger charge is 2.16. The molecule has 0 amide bonds. The largest absolute Gasteiger partial charge is 0.507 e. The van der Waals surface area contributed by atoms with Gasteiger partial charge in [0.15, 0.2) is 0 Å². The molecule has 1 aromatic rings. The number of aliphatic hydroxyl groups excluding tert-OH is 1. The number of aromatic hydroxyl groups is 1. The molecule has 90 valence electrons. The lowest BCUT2D eigenvalue weighted by Gasteiger charge is -2.23. The van der Waals surface area contributed by atoms with Crippen molar-refractivity contribution < 1.29 is 14.6 Å².